The lowest BCUT2D eigenvalue weighted by Gasteiger charge is -2.16. The molecule has 0 spiro atoms. The van der Waals surface area contributed by atoms with Crippen LogP contribution in [0.3, 0.4) is 0 Å². The number of Topliss-reactive ketones (excluding diaryl/α,β-unsaturated/α-hetero) is 1. The van der Waals surface area contributed by atoms with E-state index in [0.29, 0.717) is 19.0 Å². The van der Waals surface area contributed by atoms with E-state index in [1.807, 2.05) is 0 Å². The molecule has 0 saturated heterocycles. The van der Waals surface area contributed by atoms with E-state index < -0.39 is 23.3 Å². The number of hydrogen-bond acceptors (Lipinski definition) is 2. The summed E-state index contributed by atoms with van der Waals surface area (Å²) in [4.78, 5) is 24.6. The number of ketones is 1. The molecule has 0 atom stereocenters. The molecule has 0 unspecified atom stereocenters. The van der Waals surface area contributed by atoms with Crippen molar-refractivity contribution in [3.8, 4) is 0 Å². The second kappa shape index (κ2) is 5.47. The largest absolute Gasteiger partial charge is 0.302 e. The zero-order valence-electron chi connectivity index (χ0n) is 10.7. The highest BCUT2D eigenvalue weighted by molar-refractivity contribution is 6.52. The summed E-state index contributed by atoms with van der Waals surface area (Å²) < 4.78 is 26.8. The first-order valence-corrected chi connectivity index (χ1v) is 6.41. The standard InChI is InChI=1S/C14H15F2NO2/c1-2-3-4-5-6-17-12-10(13(18)14(17)19)7-9(15)8-11(12)16/h7-8H,2-6H2,1H3. The van der Waals surface area contributed by atoms with Gasteiger partial charge in [0.1, 0.15) is 5.82 Å². The van der Waals surface area contributed by atoms with Crippen LogP contribution in [0.15, 0.2) is 12.1 Å². The topological polar surface area (TPSA) is 37.4 Å². The molecule has 19 heavy (non-hydrogen) atoms. The number of halogens is 2. The van der Waals surface area contributed by atoms with Crippen LogP contribution in [-0.2, 0) is 4.79 Å². The molecule has 0 fully saturated rings. The first-order valence-electron chi connectivity index (χ1n) is 6.41. The van der Waals surface area contributed by atoms with E-state index >= 15 is 0 Å². The van der Waals surface area contributed by atoms with Gasteiger partial charge < -0.3 is 4.90 Å². The Morgan fingerprint density at radius 2 is 1.84 bits per heavy atom. The minimum absolute atomic E-state index is 0.0760. The van der Waals surface area contributed by atoms with Crippen molar-refractivity contribution < 1.29 is 18.4 Å². The summed E-state index contributed by atoms with van der Waals surface area (Å²) in [6.45, 7) is 2.35. The van der Waals surface area contributed by atoms with E-state index in [-0.39, 0.29) is 11.3 Å². The Hall–Kier alpha value is -1.78. The highest BCUT2D eigenvalue weighted by Gasteiger charge is 2.38. The highest BCUT2D eigenvalue weighted by Crippen LogP contribution is 2.32. The molecule has 0 aliphatic carbocycles. The summed E-state index contributed by atoms with van der Waals surface area (Å²) in [5, 5.41) is 0. The summed E-state index contributed by atoms with van der Waals surface area (Å²) in [7, 11) is 0. The zero-order chi connectivity index (χ0) is 14.0. The number of rotatable bonds is 5. The third-order valence-corrected chi connectivity index (χ3v) is 3.22. The average Bonchev–Trinajstić information content (AvgIpc) is 2.60. The number of fused-ring (bicyclic) bond motifs is 1. The Labute approximate surface area is 110 Å². The molecule has 1 aromatic rings. The number of carbonyl (C=O) groups excluding carboxylic acids is 2. The number of unbranched alkanes of at least 4 members (excludes halogenated alkanes) is 3. The van der Waals surface area contributed by atoms with Gasteiger partial charge in [-0.15, -0.1) is 0 Å². The predicted octanol–water partition coefficient (Wildman–Crippen LogP) is 3.07. The second-order valence-electron chi connectivity index (χ2n) is 4.63. The number of hydrogen-bond donors (Lipinski definition) is 0. The van der Waals surface area contributed by atoms with E-state index in [2.05, 4.69) is 6.92 Å². The Balaban J connectivity index is 2.23. The Morgan fingerprint density at radius 3 is 2.53 bits per heavy atom. The van der Waals surface area contributed by atoms with E-state index in [4.69, 9.17) is 0 Å². The summed E-state index contributed by atoms with van der Waals surface area (Å²) in [5.74, 6) is -3.30. The molecule has 0 aromatic heterocycles. The number of nitrogens with zero attached hydrogens (tertiary/aromatic N) is 1. The van der Waals surface area contributed by atoms with Crippen molar-refractivity contribution in [3.05, 3.63) is 29.3 Å². The molecule has 0 radical (unpaired) electrons. The monoisotopic (exact) mass is 267 g/mol. The van der Waals surface area contributed by atoms with Gasteiger partial charge in [0.2, 0.25) is 0 Å². The van der Waals surface area contributed by atoms with E-state index in [1.54, 1.807) is 0 Å². The van der Waals surface area contributed by atoms with Crippen molar-refractivity contribution in [2.75, 3.05) is 11.4 Å². The van der Waals surface area contributed by atoms with Gasteiger partial charge in [0.05, 0.1) is 11.3 Å². The van der Waals surface area contributed by atoms with Crippen LogP contribution in [0.25, 0.3) is 0 Å². The minimum Gasteiger partial charge on any atom is -0.302 e. The number of amides is 1. The first-order chi connectivity index (χ1) is 9.06. The summed E-state index contributed by atoms with van der Waals surface area (Å²) in [6.07, 6.45) is 3.67. The fourth-order valence-corrected chi connectivity index (χ4v) is 2.26. The normalized spacial score (nSPS) is 14.2. The van der Waals surface area contributed by atoms with Crippen molar-refractivity contribution in [2.24, 2.45) is 0 Å². The van der Waals surface area contributed by atoms with Crippen LogP contribution < -0.4 is 4.90 Å². The van der Waals surface area contributed by atoms with Crippen LogP contribution in [0.4, 0.5) is 14.5 Å². The molecule has 0 bridgehead atoms. The van der Waals surface area contributed by atoms with Crippen LogP contribution in [0.1, 0.15) is 43.0 Å². The van der Waals surface area contributed by atoms with E-state index in [9.17, 15) is 18.4 Å². The van der Waals surface area contributed by atoms with Crippen molar-refractivity contribution in [1.29, 1.82) is 0 Å². The first kappa shape index (κ1) is 13.6. The van der Waals surface area contributed by atoms with Gasteiger partial charge in [-0.05, 0) is 12.5 Å². The number of carbonyl (C=O) groups is 2. The van der Waals surface area contributed by atoms with Gasteiger partial charge in [-0.1, -0.05) is 26.2 Å². The molecule has 1 aromatic carbocycles. The fraction of sp³-hybridized carbons (Fsp3) is 0.429. The summed E-state index contributed by atoms with van der Waals surface area (Å²) in [6, 6.07) is 1.62. The molecular weight excluding hydrogens is 252 g/mol. The van der Waals surface area contributed by atoms with Crippen LogP contribution in [-0.4, -0.2) is 18.2 Å². The molecular formula is C14H15F2NO2. The van der Waals surface area contributed by atoms with Gasteiger partial charge >= 0.3 is 0 Å². The van der Waals surface area contributed by atoms with Crippen molar-refractivity contribution in [2.45, 2.75) is 32.6 Å². The molecule has 2 rings (SSSR count). The lowest BCUT2D eigenvalue weighted by Crippen LogP contribution is -2.31. The van der Waals surface area contributed by atoms with Crippen molar-refractivity contribution in [3.63, 3.8) is 0 Å². The van der Waals surface area contributed by atoms with Gasteiger partial charge in [0.25, 0.3) is 11.7 Å². The van der Waals surface area contributed by atoms with Crippen molar-refractivity contribution >= 4 is 17.4 Å². The van der Waals surface area contributed by atoms with E-state index in [1.165, 1.54) is 0 Å². The molecule has 5 heteroatoms. The Bertz CT molecular complexity index is 528. The molecule has 1 aliphatic rings. The van der Waals surface area contributed by atoms with Gasteiger partial charge in [-0.2, -0.15) is 0 Å². The lowest BCUT2D eigenvalue weighted by molar-refractivity contribution is -0.114. The second-order valence-corrected chi connectivity index (χ2v) is 4.63. The Kier molecular flexibility index (Phi) is 3.93. The fourth-order valence-electron chi connectivity index (χ4n) is 2.26. The molecule has 3 nitrogen and oxygen atoms in total. The SMILES string of the molecule is CCCCCCN1C(=O)C(=O)c2cc(F)cc(F)c21. The predicted molar refractivity (Wildman–Crippen MR) is 67.2 cm³/mol. The third-order valence-electron chi connectivity index (χ3n) is 3.22. The molecule has 0 saturated carbocycles. The molecule has 0 N–H and O–H groups in total. The summed E-state index contributed by atoms with van der Waals surface area (Å²) in [5.41, 5.74) is -0.245. The van der Waals surface area contributed by atoms with Crippen LogP contribution in [0.2, 0.25) is 0 Å². The lowest BCUT2D eigenvalue weighted by atomic mass is 10.1. The molecule has 1 amide bonds. The number of benzene rings is 1. The van der Waals surface area contributed by atoms with Crippen LogP contribution in [0, 0.1) is 11.6 Å². The average molecular weight is 267 g/mol. The smallest absolute Gasteiger partial charge is 0.299 e. The number of anilines is 1. The Morgan fingerprint density at radius 1 is 1.11 bits per heavy atom. The van der Waals surface area contributed by atoms with Crippen molar-refractivity contribution in [1.82, 2.24) is 0 Å². The minimum atomic E-state index is -0.857. The van der Waals surface area contributed by atoms with Crippen LogP contribution in [0.5, 0.6) is 0 Å². The van der Waals surface area contributed by atoms with E-state index in [0.717, 1.165) is 30.2 Å². The maximum atomic E-state index is 13.7. The molecule has 102 valence electrons. The molecule has 1 aliphatic heterocycles. The third kappa shape index (κ3) is 2.50. The maximum absolute atomic E-state index is 13.7. The van der Waals surface area contributed by atoms with Crippen LogP contribution >= 0.6 is 0 Å². The highest BCUT2D eigenvalue weighted by atomic mass is 19.1. The van der Waals surface area contributed by atoms with Gasteiger partial charge in [-0.3, -0.25) is 9.59 Å². The van der Waals surface area contributed by atoms with Gasteiger partial charge in [0, 0.05) is 12.6 Å². The maximum Gasteiger partial charge on any atom is 0.299 e. The zero-order valence-corrected chi connectivity index (χ0v) is 10.7. The quantitative estimate of drug-likeness (QED) is 0.607. The van der Waals surface area contributed by atoms with Gasteiger partial charge in [-0.25, -0.2) is 8.78 Å². The van der Waals surface area contributed by atoms with Gasteiger partial charge in [0.15, 0.2) is 5.82 Å². The molecule has 1 heterocycles. The summed E-state index contributed by atoms with van der Waals surface area (Å²) >= 11 is 0.